The molecule has 0 unspecified atom stereocenters. The molecule has 0 saturated heterocycles. The first-order chi connectivity index (χ1) is 7.69. The van der Waals surface area contributed by atoms with E-state index in [2.05, 4.69) is 4.98 Å². The molecule has 1 N–H and O–H groups in total. The van der Waals surface area contributed by atoms with Gasteiger partial charge in [-0.1, -0.05) is 12.2 Å². The number of fused-ring (bicyclic) bond motifs is 1. The van der Waals surface area contributed by atoms with Gasteiger partial charge in [0, 0.05) is 25.5 Å². The summed E-state index contributed by atoms with van der Waals surface area (Å²) in [5.74, 6) is 0. The van der Waals surface area contributed by atoms with Crippen LogP contribution in [0.15, 0.2) is 4.79 Å². The van der Waals surface area contributed by atoms with Crippen LogP contribution in [0.4, 0.5) is 0 Å². The molecule has 0 aromatic carbocycles. The van der Waals surface area contributed by atoms with Gasteiger partial charge >= 0.3 is 5.69 Å². The topological polar surface area (TPSA) is 56.2 Å². The minimum atomic E-state index is -0.689. The van der Waals surface area contributed by atoms with E-state index in [0.29, 0.717) is 4.64 Å². The fourth-order valence-corrected chi connectivity index (χ4v) is 2.43. The maximum atomic E-state index is 11.8. The van der Waals surface area contributed by atoms with E-state index in [0.717, 1.165) is 30.5 Å². The van der Waals surface area contributed by atoms with Crippen LogP contribution >= 0.6 is 12.2 Å². The minimum absolute atomic E-state index is 0.278. The minimum Gasteiger partial charge on any atom is -0.338 e. The first-order valence-corrected chi connectivity index (χ1v) is 5.52. The number of hydrogen-bond donors (Lipinski definition) is 1. The summed E-state index contributed by atoms with van der Waals surface area (Å²) in [5, 5.41) is 0. The van der Waals surface area contributed by atoms with Crippen molar-refractivity contribution in [1.29, 1.82) is 0 Å². The van der Waals surface area contributed by atoms with Crippen LogP contribution in [0.1, 0.15) is 24.1 Å². The molecule has 1 aliphatic rings. The van der Waals surface area contributed by atoms with Crippen molar-refractivity contribution in [2.75, 3.05) is 14.2 Å². The van der Waals surface area contributed by atoms with E-state index >= 15 is 0 Å². The van der Waals surface area contributed by atoms with Gasteiger partial charge in [0.05, 0.1) is 0 Å². The van der Waals surface area contributed by atoms with Crippen LogP contribution in [-0.2, 0) is 22.3 Å². The fourth-order valence-electron chi connectivity index (χ4n) is 2.12. The lowest BCUT2D eigenvalue weighted by Crippen LogP contribution is -2.32. The zero-order valence-electron chi connectivity index (χ0n) is 9.28. The third kappa shape index (κ3) is 1.73. The molecular weight excluding hydrogens is 228 g/mol. The van der Waals surface area contributed by atoms with Gasteiger partial charge in [0.15, 0.2) is 0 Å². The van der Waals surface area contributed by atoms with Gasteiger partial charge in [-0.15, -0.1) is 0 Å². The Morgan fingerprint density at radius 3 is 2.69 bits per heavy atom. The summed E-state index contributed by atoms with van der Waals surface area (Å²) in [7, 11) is 3.01. The monoisotopic (exact) mass is 242 g/mol. The quantitative estimate of drug-likeness (QED) is 0.638. The van der Waals surface area contributed by atoms with Gasteiger partial charge in [0.2, 0.25) is 6.41 Å². The molecule has 1 heterocycles. The fraction of sp³-hybridized carbons (Fsp3) is 0.600. The van der Waals surface area contributed by atoms with Crippen molar-refractivity contribution in [1.82, 2.24) is 9.55 Å². The zero-order valence-corrected chi connectivity index (χ0v) is 10.1. The zero-order chi connectivity index (χ0) is 11.7. The third-order valence-corrected chi connectivity index (χ3v) is 3.16. The molecule has 0 fully saturated rings. The first kappa shape index (κ1) is 11.5. The molecule has 0 aliphatic heterocycles. The van der Waals surface area contributed by atoms with Crippen LogP contribution in [0.5, 0.6) is 0 Å². The van der Waals surface area contributed by atoms with Gasteiger partial charge in [-0.05, 0) is 19.3 Å². The van der Waals surface area contributed by atoms with Crippen LogP contribution in [-0.4, -0.2) is 23.8 Å². The Labute approximate surface area is 98.0 Å². The van der Waals surface area contributed by atoms with E-state index in [-0.39, 0.29) is 5.69 Å². The molecule has 1 aromatic heterocycles. The van der Waals surface area contributed by atoms with Crippen molar-refractivity contribution in [3.8, 4) is 0 Å². The van der Waals surface area contributed by atoms with E-state index in [9.17, 15) is 4.79 Å². The molecule has 5 nitrogen and oxygen atoms in total. The van der Waals surface area contributed by atoms with Crippen molar-refractivity contribution < 1.29 is 9.47 Å². The normalized spacial score (nSPS) is 14.4. The first-order valence-electron chi connectivity index (χ1n) is 5.11. The van der Waals surface area contributed by atoms with E-state index in [1.54, 1.807) is 0 Å². The number of nitrogens with one attached hydrogen (secondary N) is 1. The maximum Gasteiger partial charge on any atom is 0.330 e. The lowest BCUT2D eigenvalue weighted by molar-refractivity contribution is -0.159. The van der Waals surface area contributed by atoms with Gasteiger partial charge < -0.3 is 9.47 Å². The molecule has 0 spiro atoms. The number of aromatic nitrogens is 2. The summed E-state index contributed by atoms with van der Waals surface area (Å²) in [5.41, 5.74) is 1.69. The Balaban J connectivity index is 2.66. The van der Waals surface area contributed by atoms with Crippen LogP contribution in [0, 0.1) is 4.64 Å². The molecule has 88 valence electrons. The Morgan fingerprint density at radius 2 is 2.06 bits per heavy atom. The Hall–Kier alpha value is -0.980. The average Bonchev–Trinajstić information content (AvgIpc) is 2.73. The van der Waals surface area contributed by atoms with Gasteiger partial charge in [-0.25, -0.2) is 9.36 Å². The Kier molecular flexibility index (Phi) is 3.22. The predicted molar refractivity (Wildman–Crippen MR) is 61.0 cm³/mol. The summed E-state index contributed by atoms with van der Waals surface area (Å²) in [6.07, 6.45) is 2.07. The number of hydrogen-bond acceptors (Lipinski definition) is 4. The lowest BCUT2D eigenvalue weighted by Gasteiger charge is -2.19. The number of methoxy groups -OCH3 is 2. The van der Waals surface area contributed by atoms with E-state index in [4.69, 9.17) is 21.7 Å². The molecule has 6 heteroatoms. The highest BCUT2D eigenvalue weighted by Crippen LogP contribution is 2.23. The van der Waals surface area contributed by atoms with Crippen LogP contribution < -0.4 is 5.69 Å². The smallest absolute Gasteiger partial charge is 0.330 e. The third-order valence-electron chi connectivity index (χ3n) is 2.81. The van der Waals surface area contributed by atoms with E-state index in [1.807, 2.05) is 0 Å². The number of nitrogens with zero attached hydrogens (tertiary/aromatic N) is 1. The standard InChI is InChI=1S/C10H14N2O3S/c1-14-10(15-2)12-7-5-3-4-6(7)8(16)11-9(12)13/h10H,3-5H2,1-2H3,(H,11,13,16). The number of rotatable bonds is 3. The molecule has 2 rings (SSSR count). The van der Waals surface area contributed by atoms with Gasteiger partial charge in [-0.3, -0.25) is 4.98 Å². The second kappa shape index (κ2) is 4.48. The number of ether oxygens (including phenoxy) is 2. The second-order valence-electron chi connectivity index (χ2n) is 3.69. The van der Waals surface area contributed by atoms with Crippen molar-refractivity contribution in [3.05, 3.63) is 26.4 Å². The maximum absolute atomic E-state index is 11.8. The molecule has 16 heavy (non-hydrogen) atoms. The van der Waals surface area contributed by atoms with Gasteiger partial charge in [-0.2, -0.15) is 0 Å². The van der Waals surface area contributed by atoms with Crippen molar-refractivity contribution in [2.45, 2.75) is 25.7 Å². The lowest BCUT2D eigenvalue weighted by atomic mass is 10.3. The van der Waals surface area contributed by atoms with Gasteiger partial charge in [0.25, 0.3) is 0 Å². The summed E-state index contributed by atoms with van der Waals surface area (Å²) < 4.78 is 12.3. The predicted octanol–water partition coefficient (Wildman–Crippen LogP) is 1.14. The molecule has 0 radical (unpaired) electrons. The molecule has 0 atom stereocenters. The molecule has 1 aromatic rings. The van der Waals surface area contributed by atoms with Crippen molar-refractivity contribution >= 4 is 12.2 Å². The second-order valence-corrected chi connectivity index (χ2v) is 4.09. The van der Waals surface area contributed by atoms with Crippen molar-refractivity contribution in [3.63, 3.8) is 0 Å². The van der Waals surface area contributed by atoms with E-state index < -0.39 is 6.41 Å². The molecule has 0 bridgehead atoms. The highest BCUT2D eigenvalue weighted by molar-refractivity contribution is 7.71. The molecule has 1 aliphatic carbocycles. The Bertz CT molecular complexity index is 502. The van der Waals surface area contributed by atoms with Crippen molar-refractivity contribution in [2.24, 2.45) is 0 Å². The summed E-state index contributed by atoms with van der Waals surface area (Å²) in [6.45, 7) is 0. The molecular formula is C10H14N2O3S. The largest absolute Gasteiger partial charge is 0.338 e. The van der Waals surface area contributed by atoms with Crippen LogP contribution in [0.25, 0.3) is 0 Å². The highest BCUT2D eigenvalue weighted by Gasteiger charge is 2.22. The van der Waals surface area contributed by atoms with E-state index in [1.165, 1.54) is 18.8 Å². The average molecular weight is 242 g/mol. The summed E-state index contributed by atoms with van der Waals surface area (Å²) in [6, 6.07) is 0. The SMILES string of the molecule is COC(OC)n1c2c(c(=S)[nH]c1=O)CCC2. The number of H-pyrrole nitrogens is 1. The summed E-state index contributed by atoms with van der Waals surface area (Å²) >= 11 is 5.13. The number of aromatic amines is 1. The Morgan fingerprint density at radius 1 is 1.38 bits per heavy atom. The van der Waals surface area contributed by atoms with Gasteiger partial charge in [0.1, 0.15) is 4.64 Å². The van der Waals surface area contributed by atoms with Crippen LogP contribution in [0.3, 0.4) is 0 Å². The molecule has 0 amide bonds. The van der Waals surface area contributed by atoms with Crippen LogP contribution in [0.2, 0.25) is 0 Å². The highest BCUT2D eigenvalue weighted by atomic mass is 32.1. The summed E-state index contributed by atoms with van der Waals surface area (Å²) in [4.78, 5) is 14.5. The molecule has 0 saturated carbocycles.